The van der Waals surface area contributed by atoms with E-state index >= 15 is 0 Å². The van der Waals surface area contributed by atoms with Crippen LogP contribution in [0.2, 0.25) is 0 Å². The van der Waals surface area contributed by atoms with Crippen LogP contribution in [0.5, 0.6) is 0 Å². The van der Waals surface area contributed by atoms with Crippen molar-refractivity contribution in [1.29, 1.82) is 0 Å². The average molecular weight is 675 g/mol. The van der Waals surface area contributed by atoms with E-state index in [0.717, 1.165) is 44.9 Å². The molecule has 0 amide bonds. The van der Waals surface area contributed by atoms with Gasteiger partial charge in [-0.3, -0.25) is 9.59 Å². The molecule has 0 spiro atoms. The first-order valence-electron chi connectivity index (χ1n) is 21.3. The molecule has 0 bridgehead atoms. The molecule has 0 N–H and O–H groups in total. The Kier molecular flexibility index (Phi) is 38.5. The number of carbonyl (C=O) groups is 2. The maximum atomic E-state index is 12.6. The Bertz CT molecular complexity index is 727. The number of carbonyl (C=O) groups excluding carboxylic acids is 2. The van der Waals surface area contributed by atoms with Crippen LogP contribution in [0, 0.1) is 0 Å². The number of hydrogen-bond acceptors (Lipinski definition) is 4. The zero-order valence-corrected chi connectivity index (χ0v) is 32.6. The zero-order valence-electron chi connectivity index (χ0n) is 32.6. The van der Waals surface area contributed by atoms with Gasteiger partial charge in [-0.2, -0.15) is 0 Å². The summed E-state index contributed by atoms with van der Waals surface area (Å²) in [5, 5.41) is 0. The van der Waals surface area contributed by atoms with Gasteiger partial charge in [-0.1, -0.05) is 167 Å². The molecular formula is C44H82O4. The minimum Gasteiger partial charge on any atom is -0.462 e. The molecule has 0 saturated heterocycles. The van der Waals surface area contributed by atoms with Crippen molar-refractivity contribution in [3.8, 4) is 0 Å². The second kappa shape index (κ2) is 39.9. The first kappa shape index (κ1) is 46.4. The highest BCUT2D eigenvalue weighted by Gasteiger charge is 2.17. The minimum atomic E-state index is -0.310. The molecule has 4 nitrogen and oxygen atoms in total. The standard InChI is InChI=1S/C44H82O4/c1-4-7-10-13-15-17-19-21-23-25-27-29-31-33-36-39-43(45)47-41-42(38-35-12-9-6-3)48-44(46)40-37-34-32-30-28-26-24-22-20-18-16-14-11-8-5-2/h21-24,42H,4-20,25-41H2,1-3H3/b23-21-,24-22-. The van der Waals surface area contributed by atoms with E-state index < -0.39 is 0 Å². The van der Waals surface area contributed by atoms with Crippen LogP contribution in [0.1, 0.15) is 233 Å². The third-order valence-corrected chi connectivity index (χ3v) is 9.39. The Hall–Kier alpha value is -1.58. The van der Waals surface area contributed by atoms with Crippen LogP contribution in [0.3, 0.4) is 0 Å². The van der Waals surface area contributed by atoms with Gasteiger partial charge in [0.25, 0.3) is 0 Å². The van der Waals surface area contributed by atoms with Gasteiger partial charge < -0.3 is 9.47 Å². The summed E-state index contributed by atoms with van der Waals surface area (Å²) >= 11 is 0. The molecule has 0 saturated carbocycles. The van der Waals surface area contributed by atoms with E-state index in [9.17, 15) is 9.59 Å². The van der Waals surface area contributed by atoms with E-state index in [1.54, 1.807) is 0 Å². The van der Waals surface area contributed by atoms with Gasteiger partial charge in [0, 0.05) is 12.8 Å². The number of unbranched alkanes of at least 4 members (excludes halogenated alkanes) is 25. The highest BCUT2D eigenvalue weighted by atomic mass is 16.6. The molecule has 1 unspecified atom stereocenters. The SMILES string of the molecule is CCCCCCCC/C=C\CCCCCCCC(=O)OCC(CCCCCC)OC(=O)CCCCCCC/C=C\CCCCCCCC. The molecule has 0 aliphatic rings. The van der Waals surface area contributed by atoms with Crippen LogP contribution in [-0.2, 0) is 19.1 Å². The summed E-state index contributed by atoms with van der Waals surface area (Å²) in [6, 6.07) is 0. The third kappa shape index (κ3) is 37.2. The monoisotopic (exact) mass is 675 g/mol. The van der Waals surface area contributed by atoms with Gasteiger partial charge in [0.1, 0.15) is 12.7 Å². The molecule has 282 valence electrons. The van der Waals surface area contributed by atoms with Crippen LogP contribution >= 0.6 is 0 Å². The topological polar surface area (TPSA) is 52.6 Å². The Morgan fingerprint density at radius 3 is 1.17 bits per heavy atom. The number of allylic oxidation sites excluding steroid dienone is 4. The largest absolute Gasteiger partial charge is 0.462 e. The lowest BCUT2D eigenvalue weighted by molar-refractivity contribution is -0.159. The molecule has 0 aromatic carbocycles. The first-order chi connectivity index (χ1) is 23.6. The number of hydrogen-bond donors (Lipinski definition) is 0. The quantitative estimate of drug-likeness (QED) is 0.0371. The van der Waals surface area contributed by atoms with Crippen LogP contribution in [0.25, 0.3) is 0 Å². The molecule has 4 heteroatoms. The fraction of sp³-hybridized carbons (Fsp3) is 0.864. The van der Waals surface area contributed by atoms with E-state index in [0.29, 0.717) is 12.8 Å². The van der Waals surface area contributed by atoms with Crippen molar-refractivity contribution in [1.82, 2.24) is 0 Å². The van der Waals surface area contributed by atoms with Crippen molar-refractivity contribution in [3.05, 3.63) is 24.3 Å². The van der Waals surface area contributed by atoms with Gasteiger partial charge in [-0.25, -0.2) is 0 Å². The van der Waals surface area contributed by atoms with E-state index in [2.05, 4.69) is 45.1 Å². The van der Waals surface area contributed by atoms with Gasteiger partial charge in [0.15, 0.2) is 0 Å². The van der Waals surface area contributed by atoms with Crippen molar-refractivity contribution in [2.24, 2.45) is 0 Å². The minimum absolute atomic E-state index is 0.138. The second-order valence-electron chi connectivity index (χ2n) is 14.3. The third-order valence-electron chi connectivity index (χ3n) is 9.39. The summed E-state index contributed by atoms with van der Waals surface area (Å²) in [6.07, 6.45) is 47.7. The number of esters is 2. The van der Waals surface area contributed by atoms with Gasteiger partial charge in [0.2, 0.25) is 0 Å². The van der Waals surface area contributed by atoms with Gasteiger partial charge >= 0.3 is 11.9 Å². The predicted molar refractivity (Wildman–Crippen MR) is 209 cm³/mol. The molecule has 0 radical (unpaired) electrons. The van der Waals surface area contributed by atoms with Crippen LogP contribution in [-0.4, -0.2) is 24.6 Å². The molecule has 0 aromatic rings. The predicted octanol–water partition coefficient (Wildman–Crippen LogP) is 14.5. The molecule has 0 rings (SSSR count). The van der Waals surface area contributed by atoms with E-state index in [-0.39, 0.29) is 24.6 Å². The maximum Gasteiger partial charge on any atom is 0.306 e. The molecule has 1 atom stereocenters. The molecule has 0 aliphatic carbocycles. The van der Waals surface area contributed by atoms with Crippen molar-refractivity contribution in [3.63, 3.8) is 0 Å². The highest BCUT2D eigenvalue weighted by molar-refractivity contribution is 5.70. The number of rotatable bonds is 38. The normalized spacial score (nSPS) is 12.3. The van der Waals surface area contributed by atoms with Gasteiger partial charge in [-0.05, 0) is 77.0 Å². The van der Waals surface area contributed by atoms with Crippen LogP contribution in [0.15, 0.2) is 24.3 Å². The van der Waals surface area contributed by atoms with Crippen molar-refractivity contribution in [2.45, 2.75) is 239 Å². The first-order valence-corrected chi connectivity index (χ1v) is 21.3. The summed E-state index contributed by atoms with van der Waals surface area (Å²) in [7, 11) is 0. The summed E-state index contributed by atoms with van der Waals surface area (Å²) < 4.78 is 11.4. The second-order valence-corrected chi connectivity index (χ2v) is 14.3. The Balaban J connectivity index is 3.92. The lowest BCUT2D eigenvalue weighted by Crippen LogP contribution is -2.25. The molecule has 0 aliphatic heterocycles. The molecule has 0 aromatic heterocycles. The lowest BCUT2D eigenvalue weighted by Gasteiger charge is -2.18. The van der Waals surface area contributed by atoms with E-state index in [1.807, 2.05) is 0 Å². The van der Waals surface area contributed by atoms with Crippen molar-refractivity contribution >= 4 is 11.9 Å². The summed E-state index contributed by atoms with van der Waals surface area (Å²) in [5.41, 5.74) is 0. The summed E-state index contributed by atoms with van der Waals surface area (Å²) in [5.74, 6) is -0.291. The maximum absolute atomic E-state index is 12.6. The molecular weight excluding hydrogens is 592 g/mol. The average Bonchev–Trinajstić information content (AvgIpc) is 3.08. The van der Waals surface area contributed by atoms with Gasteiger partial charge in [-0.15, -0.1) is 0 Å². The fourth-order valence-electron chi connectivity index (χ4n) is 6.16. The molecule has 48 heavy (non-hydrogen) atoms. The smallest absolute Gasteiger partial charge is 0.306 e. The van der Waals surface area contributed by atoms with Crippen LogP contribution in [0.4, 0.5) is 0 Å². The highest BCUT2D eigenvalue weighted by Crippen LogP contribution is 2.15. The Morgan fingerprint density at radius 2 is 0.750 bits per heavy atom. The van der Waals surface area contributed by atoms with Crippen LogP contribution < -0.4 is 0 Å². The van der Waals surface area contributed by atoms with E-state index in [4.69, 9.17) is 9.47 Å². The zero-order chi connectivity index (χ0) is 35.0. The summed E-state index contributed by atoms with van der Waals surface area (Å²) in [6.45, 7) is 6.94. The van der Waals surface area contributed by atoms with E-state index in [1.165, 1.54) is 154 Å². The summed E-state index contributed by atoms with van der Waals surface area (Å²) in [4.78, 5) is 25.0. The van der Waals surface area contributed by atoms with Crippen molar-refractivity contribution < 1.29 is 19.1 Å². The molecule has 0 heterocycles. The van der Waals surface area contributed by atoms with Gasteiger partial charge in [0.05, 0.1) is 0 Å². The Morgan fingerprint density at radius 1 is 0.417 bits per heavy atom. The Labute approximate surface area is 300 Å². The lowest BCUT2D eigenvalue weighted by atomic mass is 10.1. The number of ether oxygens (including phenoxy) is 2. The molecule has 0 fully saturated rings. The van der Waals surface area contributed by atoms with Crippen molar-refractivity contribution in [2.75, 3.05) is 6.61 Å². The fourth-order valence-corrected chi connectivity index (χ4v) is 6.16.